The molecule has 4 rings (SSSR count). The van der Waals surface area contributed by atoms with E-state index in [0.717, 1.165) is 18.4 Å². The maximum absolute atomic E-state index is 12.4. The number of carbonyl (C=O) groups excluding carboxylic acids is 1. The molecule has 0 amide bonds. The molecule has 9 heteroatoms. The highest BCUT2D eigenvalue weighted by Crippen LogP contribution is 2.44. The molecular formula is C28H24Cl2N2O5. The highest BCUT2D eigenvalue weighted by atomic mass is 35.5. The number of unbranched alkanes of at least 4 members (excludes halogenated alkanes) is 1. The number of esters is 1. The largest absolute Gasteiger partial charge is 0.494 e. The van der Waals surface area contributed by atoms with E-state index < -0.39 is 11.9 Å². The van der Waals surface area contributed by atoms with Crippen molar-refractivity contribution in [2.45, 2.75) is 25.7 Å². The van der Waals surface area contributed by atoms with Crippen molar-refractivity contribution in [3.05, 3.63) is 93.3 Å². The van der Waals surface area contributed by atoms with E-state index in [9.17, 15) is 10.1 Å². The van der Waals surface area contributed by atoms with E-state index in [-0.39, 0.29) is 28.8 Å². The number of fused-ring (bicyclic) bond motifs is 1. The predicted octanol–water partition coefficient (Wildman–Crippen LogP) is 6.37. The van der Waals surface area contributed by atoms with Gasteiger partial charge in [0.2, 0.25) is 5.88 Å². The number of nitrogens with two attached hydrogens (primary N) is 1. The van der Waals surface area contributed by atoms with E-state index >= 15 is 0 Å². The van der Waals surface area contributed by atoms with Crippen molar-refractivity contribution in [1.82, 2.24) is 0 Å². The lowest BCUT2D eigenvalue weighted by atomic mass is 9.83. The molecule has 1 atom stereocenters. The van der Waals surface area contributed by atoms with E-state index in [0.29, 0.717) is 34.4 Å². The molecule has 3 aromatic carbocycles. The second kappa shape index (κ2) is 11.9. The normalized spacial score (nSPS) is 14.3. The molecular weight excluding hydrogens is 515 g/mol. The van der Waals surface area contributed by atoms with Crippen molar-refractivity contribution >= 4 is 29.2 Å². The molecule has 0 bridgehead atoms. The standard InChI is InChI=1S/C28H24Cl2N2O5/c1-2-3-11-34-19-6-4-5-17(12-19)27-21-9-8-20(14-25(21)37-28(32)22(27)15-31)36-26(33)16-35-24-10-7-18(29)13-23(24)30/h4-10,12-14,27H,2-3,11,16,32H2,1H3. The quantitative estimate of drug-likeness (QED) is 0.191. The predicted molar refractivity (Wildman–Crippen MR) is 140 cm³/mol. The van der Waals surface area contributed by atoms with Crippen molar-refractivity contribution in [2.75, 3.05) is 13.2 Å². The van der Waals surface area contributed by atoms with Gasteiger partial charge >= 0.3 is 5.97 Å². The molecule has 7 nitrogen and oxygen atoms in total. The third kappa shape index (κ3) is 6.29. The number of allylic oxidation sites excluding steroid dienone is 1. The van der Waals surface area contributed by atoms with Gasteiger partial charge in [0.1, 0.15) is 34.6 Å². The van der Waals surface area contributed by atoms with E-state index in [2.05, 4.69) is 13.0 Å². The Kier molecular flexibility index (Phi) is 8.44. The molecule has 0 saturated carbocycles. The summed E-state index contributed by atoms with van der Waals surface area (Å²) in [5.74, 6) is 0.509. The number of rotatable bonds is 9. The van der Waals surface area contributed by atoms with Gasteiger partial charge in [-0.25, -0.2) is 4.79 Å². The van der Waals surface area contributed by atoms with Crippen molar-refractivity contribution in [3.8, 4) is 29.1 Å². The van der Waals surface area contributed by atoms with E-state index in [4.69, 9.17) is 47.9 Å². The second-order valence-electron chi connectivity index (χ2n) is 8.24. The van der Waals surface area contributed by atoms with Crippen molar-refractivity contribution in [2.24, 2.45) is 5.73 Å². The van der Waals surface area contributed by atoms with Gasteiger partial charge in [-0.3, -0.25) is 0 Å². The van der Waals surface area contributed by atoms with Crippen molar-refractivity contribution in [1.29, 1.82) is 5.26 Å². The first-order valence-corrected chi connectivity index (χ1v) is 12.4. The van der Waals surface area contributed by atoms with Crippen LogP contribution in [0.1, 0.15) is 36.8 Å². The van der Waals surface area contributed by atoms with Crippen LogP contribution in [-0.4, -0.2) is 19.2 Å². The number of nitriles is 1. The molecule has 0 fully saturated rings. The van der Waals surface area contributed by atoms with E-state index in [1.165, 1.54) is 6.07 Å². The van der Waals surface area contributed by atoms with Crippen LogP contribution in [0, 0.1) is 11.3 Å². The smallest absolute Gasteiger partial charge is 0.349 e. The summed E-state index contributed by atoms with van der Waals surface area (Å²) in [5.41, 5.74) is 7.94. The van der Waals surface area contributed by atoms with Gasteiger partial charge in [0.15, 0.2) is 6.61 Å². The van der Waals surface area contributed by atoms with Crippen molar-refractivity contribution < 1.29 is 23.7 Å². The van der Waals surface area contributed by atoms with Crippen molar-refractivity contribution in [3.63, 3.8) is 0 Å². The molecule has 1 unspecified atom stereocenters. The van der Waals surface area contributed by atoms with E-state index in [1.54, 1.807) is 30.3 Å². The molecule has 190 valence electrons. The van der Waals surface area contributed by atoms with Gasteiger partial charge in [0.25, 0.3) is 0 Å². The third-order valence-electron chi connectivity index (χ3n) is 5.62. The Morgan fingerprint density at radius 2 is 1.92 bits per heavy atom. The minimum Gasteiger partial charge on any atom is -0.494 e. The Morgan fingerprint density at radius 3 is 2.68 bits per heavy atom. The second-order valence-corrected chi connectivity index (χ2v) is 9.08. The SMILES string of the molecule is CCCCOc1cccc(C2C(C#N)=C(N)Oc3cc(OC(=O)COc4ccc(Cl)cc4Cl)ccc32)c1. The lowest BCUT2D eigenvalue weighted by molar-refractivity contribution is -0.136. The molecule has 0 radical (unpaired) electrons. The van der Waals surface area contributed by atoms with Gasteiger partial charge in [0.05, 0.1) is 17.5 Å². The van der Waals surface area contributed by atoms with Crippen LogP contribution >= 0.6 is 23.2 Å². The maximum atomic E-state index is 12.4. The summed E-state index contributed by atoms with van der Waals surface area (Å²) < 4.78 is 22.4. The van der Waals surface area contributed by atoms with Gasteiger partial charge < -0.3 is 24.7 Å². The van der Waals surface area contributed by atoms with Gasteiger partial charge in [0, 0.05) is 16.7 Å². The van der Waals surface area contributed by atoms with Crippen LogP contribution in [0.3, 0.4) is 0 Å². The number of benzene rings is 3. The van der Waals surface area contributed by atoms with Crippen LogP contribution < -0.4 is 24.7 Å². The van der Waals surface area contributed by atoms with Crippen LogP contribution in [0.5, 0.6) is 23.0 Å². The highest BCUT2D eigenvalue weighted by molar-refractivity contribution is 6.35. The topological polar surface area (TPSA) is 104 Å². The third-order valence-corrected chi connectivity index (χ3v) is 6.15. The fraction of sp³-hybridized carbons (Fsp3) is 0.214. The average molecular weight is 539 g/mol. The van der Waals surface area contributed by atoms with Crippen LogP contribution in [0.2, 0.25) is 10.0 Å². The summed E-state index contributed by atoms with van der Waals surface area (Å²) >= 11 is 11.9. The Hall–Kier alpha value is -3.86. The van der Waals surface area contributed by atoms with Crippen LogP contribution in [0.4, 0.5) is 0 Å². The molecule has 0 spiro atoms. The number of hydrogen-bond donors (Lipinski definition) is 1. The summed E-state index contributed by atoms with van der Waals surface area (Å²) in [5, 5.41) is 10.6. The molecule has 2 N–H and O–H groups in total. The van der Waals surface area contributed by atoms with Gasteiger partial charge in [-0.05, 0) is 48.4 Å². The number of carbonyl (C=O) groups is 1. The summed E-state index contributed by atoms with van der Waals surface area (Å²) in [4.78, 5) is 12.4. The molecule has 37 heavy (non-hydrogen) atoms. The molecule has 1 aliphatic rings. The molecule has 1 aliphatic heterocycles. The van der Waals surface area contributed by atoms with Gasteiger partial charge in [-0.15, -0.1) is 0 Å². The first kappa shape index (κ1) is 26.2. The molecule has 1 heterocycles. The van der Waals surface area contributed by atoms with Crippen LogP contribution in [0.15, 0.2) is 72.1 Å². The summed E-state index contributed by atoms with van der Waals surface area (Å²) in [6.07, 6.45) is 1.97. The fourth-order valence-electron chi connectivity index (χ4n) is 3.85. The Balaban J connectivity index is 1.53. The Morgan fingerprint density at radius 1 is 1.08 bits per heavy atom. The first-order valence-electron chi connectivity index (χ1n) is 11.6. The fourth-order valence-corrected chi connectivity index (χ4v) is 4.31. The lowest BCUT2D eigenvalue weighted by Gasteiger charge is -2.27. The highest BCUT2D eigenvalue weighted by Gasteiger charge is 2.31. The Bertz CT molecular complexity index is 1380. The van der Waals surface area contributed by atoms with Crippen LogP contribution in [-0.2, 0) is 4.79 Å². The van der Waals surface area contributed by atoms with Crippen LogP contribution in [0.25, 0.3) is 0 Å². The number of halogens is 2. The van der Waals surface area contributed by atoms with Gasteiger partial charge in [-0.1, -0.05) is 54.7 Å². The summed E-state index contributed by atoms with van der Waals surface area (Å²) in [6, 6.07) is 19.3. The minimum absolute atomic E-state index is 0.0125. The number of hydrogen-bond acceptors (Lipinski definition) is 7. The minimum atomic E-state index is -0.642. The Labute approximate surface area is 224 Å². The zero-order valence-corrected chi connectivity index (χ0v) is 21.5. The summed E-state index contributed by atoms with van der Waals surface area (Å²) in [7, 11) is 0. The average Bonchev–Trinajstić information content (AvgIpc) is 2.87. The molecule has 3 aromatic rings. The lowest BCUT2D eigenvalue weighted by Crippen LogP contribution is -2.21. The monoisotopic (exact) mass is 538 g/mol. The zero-order valence-electron chi connectivity index (χ0n) is 20.0. The molecule has 0 aromatic heterocycles. The zero-order chi connectivity index (χ0) is 26.4. The first-order chi connectivity index (χ1) is 17.9. The summed E-state index contributed by atoms with van der Waals surface area (Å²) in [6.45, 7) is 2.34. The molecule has 0 aliphatic carbocycles. The van der Waals surface area contributed by atoms with E-state index in [1.807, 2.05) is 24.3 Å². The number of nitrogens with zero attached hydrogens (tertiary/aromatic N) is 1. The molecule has 0 saturated heterocycles. The maximum Gasteiger partial charge on any atom is 0.349 e. The number of ether oxygens (including phenoxy) is 4. The van der Waals surface area contributed by atoms with Gasteiger partial charge in [-0.2, -0.15) is 5.26 Å².